The molecule has 1 amide bonds. The van der Waals surface area contributed by atoms with Crippen LogP contribution in [0.3, 0.4) is 0 Å². The molecule has 1 atom stereocenters. The fraction of sp³-hybridized carbons (Fsp3) is 0.417. The van der Waals surface area contributed by atoms with Crippen LogP contribution >= 0.6 is 23.2 Å². The van der Waals surface area contributed by atoms with Crippen molar-refractivity contribution in [1.29, 1.82) is 0 Å². The van der Waals surface area contributed by atoms with Gasteiger partial charge in [0.25, 0.3) is 5.91 Å². The minimum absolute atomic E-state index is 0.0216. The zero-order valence-corrected chi connectivity index (χ0v) is 11.1. The number of alkyl halides is 1. The third-order valence-corrected chi connectivity index (χ3v) is 2.96. The first-order valence-electron chi connectivity index (χ1n) is 5.37. The minimum Gasteiger partial charge on any atom is -0.508 e. The first kappa shape index (κ1) is 14.1. The van der Waals surface area contributed by atoms with E-state index in [0.29, 0.717) is 23.4 Å². The van der Waals surface area contributed by atoms with Crippen LogP contribution < -0.4 is 5.32 Å². The van der Waals surface area contributed by atoms with Crippen LogP contribution in [0.25, 0.3) is 0 Å². The molecule has 0 fully saturated rings. The fourth-order valence-corrected chi connectivity index (χ4v) is 1.91. The van der Waals surface area contributed by atoms with E-state index in [9.17, 15) is 9.90 Å². The Morgan fingerprint density at radius 1 is 1.53 bits per heavy atom. The van der Waals surface area contributed by atoms with Crippen LogP contribution in [0.5, 0.6) is 5.75 Å². The van der Waals surface area contributed by atoms with Gasteiger partial charge in [0.1, 0.15) is 5.75 Å². The summed E-state index contributed by atoms with van der Waals surface area (Å²) in [5.74, 6) is 0.623. The van der Waals surface area contributed by atoms with Crippen molar-refractivity contribution in [1.82, 2.24) is 5.32 Å². The maximum atomic E-state index is 11.8. The molecule has 3 nitrogen and oxygen atoms in total. The Labute approximate surface area is 111 Å². The average Bonchev–Trinajstić information content (AvgIpc) is 2.29. The predicted molar refractivity (Wildman–Crippen MR) is 70.0 cm³/mol. The Hall–Kier alpha value is -0.930. The van der Waals surface area contributed by atoms with Gasteiger partial charge in [0, 0.05) is 12.4 Å². The van der Waals surface area contributed by atoms with E-state index in [-0.39, 0.29) is 17.2 Å². The monoisotopic (exact) mass is 275 g/mol. The van der Waals surface area contributed by atoms with Crippen molar-refractivity contribution >= 4 is 29.1 Å². The van der Waals surface area contributed by atoms with Gasteiger partial charge in [-0.15, -0.1) is 11.6 Å². The molecule has 0 radical (unpaired) electrons. The number of phenols is 1. The van der Waals surface area contributed by atoms with Gasteiger partial charge in [-0.3, -0.25) is 4.79 Å². The molecule has 94 valence electrons. The molecule has 1 aromatic rings. The molecule has 5 heteroatoms. The molecule has 0 saturated heterocycles. The highest BCUT2D eigenvalue weighted by Crippen LogP contribution is 2.21. The maximum Gasteiger partial charge on any atom is 0.252 e. The number of nitrogens with one attached hydrogen (secondary N) is 1. The topological polar surface area (TPSA) is 49.3 Å². The number of phenolic OH excluding ortho intramolecular Hbond substituents is 1. The minimum atomic E-state index is -0.285. The van der Waals surface area contributed by atoms with Crippen molar-refractivity contribution < 1.29 is 9.90 Å². The van der Waals surface area contributed by atoms with Gasteiger partial charge in [-0.1, -0.05) is 18.5 Å². The number of halogens is 2. The van der Waals surface area contributed by atoms with Crippen molar-refractivity contribution in [3.63, 3.8) is 0 Å². The first-order chi connectivity index (χ1) is 8.04. The lowest BCUT2D eigenvalue weighted by molar-refractivity contribution is 0.0947. The number of aromatic hydroxyl groups is 1. The van der Waals surface area contributed by atoms with Gasteiger partial charge in [-0.2, -0.15) is 0 Å². The molecule has 1 rings (SSSR count). The van der Waals surface area contributed by atoms with Gasteiger partial charge in [-0.25, -0.2) is 0 Å². The molecule has 2 N–H and O–H groups in total. The van der Waals surface area contributed by atoms with E-state index in [1.165, 1.54) is 18.2 Å². The van der Waals surface area contributed by atoms with Gasteiger partial charge < -0.3 is 10.4 Å². The Kier molecular flexibility index (Phi) is 5.59. The van der Waals surface area contributed by atoms with E-state index >= 15 is 0 Å². The number of rotatable bonds is 5. The second-order valence-electron chi connectivity index (χ2n) is 3.96. The maximum absolute atomic E-state index is 11.8. The third kappa shape index (κ3) is 4.44. The van der Waals surface area contributed by atoms with E-state index in [4.69, 9.17) is 23.2 Å². The smallest absolute Gasteiger partial charge is 0.252 e. The van der Waals surface area contributed by atoms with E-state index in [1.807, 2.05) is 6.92 Å². The molecule has 0 aliphatic heterocycles. The summed E-state index contributed by atoms with van der Waals surface area (Å²) in [6.07, 6.45) is 0.843. The van der Waals surface area contributed by atoms with E-state index < -0.39 is 0 Å². The highest BCUT2D eigenvalue weighted by atomic mass is 35.5. The largest absolute Gasteiger partial charge is 0.508 e. The van der Waals surface area contributed by atoms with Crippen molar-refractivity contribution in [3.05, 3.63) is 28.8 Å². The zero-order chi connectivity index (χ0) is 12.8. The van der Waals surface area contributed by atoms with Gasteiger partial charge in [0.05, 0.1) is 10.6 Å². The molecular formula is C12H15Cl2NO2. The normalized spacial score (nSPS) is 12.2. The van der Waals surface area contributed by atoms with E-state index in [2.05, 4.69) is 5.32 Å². The van der Waals surface area contributed by atoms with Crippen molar-refractivity contribution in [2.45, 2.75) is 13.3 Å². The molecule has 0 heterocycles. The molecule has 0 aliphatic rings. The van der Waals surface area contributed by atoms with Crippen molar-refractivity contribution in [2.75, 3.05) is 12.4 Å². The number of carbonyl (C=O) groups excluding carboxylic acids is 1. The fourth-order valence-electron chi connectivity index (χ4n) is 1.34. The quantitative estimate of drug-likeness (QED) is 0.812. The average molecular weight is 276 g/mol. The SMILES string of the molecule is CC(CCCl)CNC(=O)c1cc(O)ccc1Cl. The van der Waals surface area contributed by atoms with Crippen LogP contribution in [0.15, 0.2) is 18.2 Å². The highest BCUT2D eigenvalue weighted by molar-refractivity contribution is 6.33. The number of amides is 1. The molecule has 0 spiro atoms. The summed E-state index contributed by atoms with van der Waals surface area (Å²) in [5.41, 5.74) is 0.282. The van der Waals surface area contributed by atoms with Gasteiger partial charge in [0.2, 0.25) is 0 Å². The van der Waals surface area contributed by atoms with Crippen molar-refractivity contribution in [2.24, 2.45) is 5.92 Å². The predicted octanol–water partition coefficient (Wildman–Crippen LogP) is 3.04. The molecule has 0 aromatic heterocycles. The van der Waals surface area contributed by atoms with Gasteiger partial charge in [-0.05, 0) is 30.5 Å². The van der Waals surface area contributed by atoms with Gasteiger partial charge in [0.15, 0.2) is 0 Å². The lowest BCUT2D eigenvalue weighted by Crippen LogP contribution is -2.28. The number of carbonyl (C=O) groups is 1. The Morgan fingerprint density at radius 3 is 2.88 bits per heavy atom. The molecule has 17 heavy (non-hydrogen) atoms. The number of hydrogen-bond donors (Lipinski definition) is 2. The highest BCUT2D eigenvalue weighted by Gasteiger charge is 2.12. The second kappa shape index (κ2) is 6.72. The standard InChI is InChI=1S/C12H15Cl2NO2/c1-8(4-5-13)7-15-12(17)10-6-9(16)2-3-11(10)14/h2-3,6,8,16H,4-5,7H2,1H3,(H,15,17). The molecule has 0 bridgehead atoms. The summed E-state index contributed by atoms with van der Waals surface area (Å²) in [7, 11) is 0. The molecular weight excluding hydrogens is 261 g/mol. The second-order valence-corrected chi connectivity index (χ2v) is 4.74. The molecule has 0 aliphatic carbocycles. The summed E-state index contributed by atoms with van der Waals surface area (Å²) in [6, 6.07) is 4.28. The summed E-state index contributed by atoms with van der Waals surface area (Å²) >= 11 is 11.5. The summed E-state index contributed by atoms with van der Waals surface area (Å²) in [4.78, 5) is 11.8. The van der Waals surface area contributed by atoms with Crippen LogP contribution in [0, 0.1) is 5.92 Å². The zero-order valence-electron chi connectivity index (χ0n) is 9.54. The Morgan fingerprint density at radius 2 is 2.24 bits per heavy atom. The molecule has 1 aromatic carbocycles. The summed E-state index contributed by atoms with van der Waals surface area (Å²) < 4.78 is 0. The first-order valence-corrected chi connectivity index (χ1v) is 6.28. The lowest BCUT2D eigenvalue weighted by atomic mass is 10.1. The van der Waals surface area contributed by atoms with Gasteiger partial charge >= 0.3 is 0 Å². The Balaban J connectivity index is 2.61. The van der Waals surface area contributed by atoms with Crippen LogP contribution in [0.1, 0.15) is 23.7 Å². The number of benzene rings is 1. The molecule has 0 saturated carbocycles. The molecule has 1 unspecified atom stereocenters. The van der Waals surface area contributed by atoms with Crippen molar-refractivity contribution in [3.8, 4) is 5.75 Å². The summed E-state index contributed by atoms with van der Waals surface area (Å²) in [5, 5.41) is 12.4. The van der Waals surface area contributed by atoms with E-state index in [1.54, 1.807) is 0 Å². The van der Waals surface area contributed by atoms with E-state index in [0.717, 1.165) is 6.42 Å². The van der Waals surface area contributed by atoms with Crippen LogP contribution in [0.2, 0.25) is 5.02 Å². The third-order valence-electron chi connectivity index (χ3n) is 2.41. The van der Waals surface area contributed by atoms with Crippen LogP contribution in [0.4, 0.5) is 0 Å². The van der Waals surface area contributed by atoms with Crippen LogP contribution in [-0.2, 0) is 0 Å². The lowest BCUT2D eigenvalue weighted by Gasteiger charge is -2.11. The number of hydrogen-bond acceptors (Lipinski definition) is 2. The summed E-state index contributed by atoms with van der Waals surface area (Å²) in [6.45, 7) is 2.55. The Bertz CT molecular complexity index is 396. The van der Waals surface area contributed by atoms with Crippen LogP contribution in [-0.4, -0.2) is 23.4 Å².